The summed E-state index contributed by atoms with van der Waals surface area (Å²) in [5.41, 5.74) is 4.41. The van der Waals surface area contributed by atoms with Crippen LogP contribution in [0.3, 0.4) is 0 Å². The third-order valence-corrected chi connectivity index (χ3v) is 6.23. The monoisotopic (exact) mass is 441 g/mol. The highest BCUT2D eigenvalue weighted by molar-refractivity contribution is 5.81. The van der Waals surface area contributed by atoms with E-state index >= 15 is 0 Å². The summed E-state index contributed by atoms with van der Waals surface area (Å²) in [6.45, 7) is 3.41. The molecule has 0 aliphatic carbocycles. The summed E-state index contributed by atoms with van der Waals surface area (Å²) in [7, 11) is 0. The standard InChI is InChI=1S/C28H31N3O2/c1-21-9-8-12-23(17-21)19-29-27(32)25-15-16-26(24-13-6-3-7-14-24)31(20-25)28(33)30-18-22-10-4-2-5-11-22/h2-14,17,25-26H,15-16,18-20H2,1H3,(H,29,32)(H,30,33). The Morgan fingerprint density at radius 1 is 0.818 bits per heavy atom. The maximum absolute atomic E-state index is 13.2. The molecule has 0 spiro atoms. The minimum atomic E-state index is -0.225. The van der Waals surface area contributed by atoms with Crippen LogP contribution in [-0.4, -0.2) is 23.4 Å². The third kappa shape index (κ3) is 6.01. The molecule has 2 N–H and O–H groups in total. The number of nitrogens with one attached hydrogen (secondary N) is 2. The topological polar surface area (TPSA) is 61.4 Å². The Bertz CT molecular complexity index is 1070. The zero-order valence-corrected chi connectivity index (χ0v) is 19.0. The highest BCUT2D eigenvalue weighted by Crippen LogP contribution is 2.33. The Labute approximate surface area is 195 Å². The summed E-state index contributed by atoms with van der Waals surface area (Å²) in [5, 5.41) is 6.12. The van der Waals surface area contributed by atoms with Crippen molar-refractivity contribution in [1.82, 2.24) is 15.5 Å². The lowest BCUT2D eigenvalue weighted by Gasteiger charge is -2.39. The Kier molecular flexibility index (Phi) is 7.40. The SMILES string of the molecule is Cc1cccc(CNC(=O)C2CCC(c3ccccc3)N(C(=O)NCc3ccccc3)C2)c1. The highest BCUT2D eigenvalue weighted by atomic mass is 16.2. The van der Waals surface area contributed by atoms with Crippen LogP contribution in [0.5, 0.6) is 0 Å². The molecule has 1 aliphatic heterocycles. The maximum Gasteiger partial charge on any atom is 0.318 e. The van der Waals surface area contributed by atoms with E-state index in [1.807, 2.05) is 78.6 Å². The molecular weight excluding hydrogens is 410 g/mol. The molecule has 0 bridgehead atoms. The third-order valence-electron chi connectivity index (χ3n) is 6.23. The van der Waals surface area contributed by atoms with Gasteiger partial charge in [-0.3, -0.25) is 4.79 Å². The molecule has 3 aromatic rings. The molecule has 5 heteroatoms. The Hall–Kier alpha value is -3.60. The van der Waals surface area contributed by atoms with Crippen molar-refractivity contribution >= 4 is 11.9 Å². The molecule has 2 unspecified atom stereocenters. The van der Waals surface area contributed by atoms with Crippen LogP contribution in [0.4, 0.5) is 4.79 Å². The highest BCUT2D eigenvalue weighted by Gasteiger charge is 2.35. The summed E-state index contributed by atoms with van der Waals surface area (Å²) in [6.07, 6.45) is 1.51. The van der Waals surface area contributed by atoms with Crippen LogP contribution in [0.1, 0.15) is 41.1 Å². The van der Waals surface area contributed by atoms with E-state index in [4.69, 9.17) is 0 Å². The van der Waals surface area contributed by atoms with Crippen LogP contribution in [0, 0.1) is 12.8 Å². The second-order valence-electron chi connectivity index (χ2n) is 8.70. The van der Waals surface area contributed by atoms with E-state index in [2.05, 4.69) is 28.8 Å². The van der Waals surface area contributed by atoms with Crippen molar-refractivity contribution in [3.63, 3.8) is 0 Å². The van der Waals surface area contributed by atoms with Crippen LogP contribution in [0.25, 0.3) is 0 Å². The molecule has 33 heavy (non-hydrogen) atoms. The fourth-order valence-electron chi connectivity index (χ4n) is 4.46. The normalized spacial score (nSPS) is 17.9. The lowest BCUT2D eigenvalue weighted by molar-refractivity contribution is -0.126. The van der Waals surface area contributed by atoms with Crippen molar-refractivity contribution in [3.8, 4) is 0 Å². The second kappa shape index (κ2) is 10.8. The molecule has 1 saturated heterocycles. The number of hydrogen-bond acceptors (Lipinski definition) is 2. The quantitative estimate of drug-likeness (QED) is 0.567. The number of rotatable bonds is 6. The Morgan fingerprint density at radius 3 is 2.21 bits per heavy atom. The molecule has 1 heterocycles. The zero-order chi connectivity index (χ0) is 23.0. The number of amides is 3. The molecule has 3 aromatic carbocycles. The van der Waals surface area contributed by atoms with E-state index in [-0.39, 0.29) is 23.9 Å². The van der Waals surface area contributed by atoms with Gasteiger partial charge in [0, 0.05) is 19.6 Å². The first-order valence-corrected chi connectivity index (χ1v) is 11.6. The summed E-state index contributed by atoms with van der Waals surface area (Å²) in [4.78, 5) is 28.0. The van der Waals surface area contributed by atoms with E-state index in [0.717, 1.165) is 29.5 Å². The Balaban J connectivity index is 1.43. The van der Waals surface area contributed by atoms with Crippen LogP contribution in [0.15, 0.2) is 84.9 Å². The van der Waals surface area contributed by atoms with E-state index < -0.39 is 0 Å². The molecule has 4 rings (SSSR count). The van der Waals surface area contributed by atoms with Crippen molar-refractivity contribution < 1.29 is 9.59 Å². The van der Waals surface area contributed by atoms with Crippen molar-refractivity contribution in [2.75, 3.05) is 6.54 Å². The van der Waals surface area contributed by atoms with Crippen LogP contribution in [0.2, 0.25) is 0 Å². The number of piperidine rings is 1. The molecular formula is C28H31N3O2. The summed E-state index contributed by atoms with van der Waals surface area (Å²) < 4.78 is 0. The summed E-state index contributed by atoms with van der Waals surface area (Å²) in [5.74, 6) is -0.221. The zero-order valence-electron chi connectivity index (χ0n) is 19.0. The maximum atomic E-state index is 13.2. The van der Waals surface area contributed by atoms with Gasteiger partial charge >= 0.3 is 6.03 Å². The van der Waals surface area contributed by atoms with Crippen LogP contribution in [-0.2, 0) is 17.9 Å². The van der Waals surface area contributed by atoms with E-state index in [1.54, 1.807) is 0 Å². The Morgan fingerprint density at radius 2 is 1.48 bits per heavy atom. The minimum Gasteiger partial charge on any atom is -0.352 e. The minimum absolute atomic E-state index is 0.00359. The average Bonchev–Trinajstić information content (AvgIpc) is 2.86. The average molecular weight is 442 g/mol. The lowest BCUT2D eigenvalue weighted by Crippen LogP contribution is -2.50. The predicted octanol–water partition coefficient (Wildman–Crippen LogP) is 4.97. The van der Waals surface area contributed by atoms with Gasteiger partial charge in [0.25, 0.3) is 0 Å². The van der Waals surface area contributed by atoms with Gasteiger partial charge in [-0.1, -0.05) is 90.5 Å². The number of aryl methyl sites for hydroxylation is 1. The van der Waals surface area contributed by atoms with Crippen molar-refractivity contribution in [1.29, 1.82) is 0 Å². The van der Waals surface area contributed by atoms with E-state index in [1.165, 1.54) is 5.56 Å². The van der Waals surface area contributed by atoms with Gasteiger partial charge in [-0.2, -0.15) is 0 Å². The molecule has 1 aliphatic rings. The molecule has 1 fully saturated rings. The van der Waals surface area contributed by atoms with Crippen LogP contribution < -0.4 is 10.6 Å². The van der Waals surface area contributed by atoms with Gasteiger partial charge < -0.3 is 15.5 Å². The predicted molar refractivity (Wildman–Crippen MR) is 130 cm³/mol. The summed E-state index contributed by atoms with van der Waals surface area (Å²) >= 11 is 0. The van der Waals surface area contributed by atoms with Gasteiger partial charge in [-0.05, 0) is 36.5 Å². The first-order valence-electron chi connectivity index (χ1n) is 11.6. The van der Waals surface area contributed by atoms with Gasteiger partial charge in [0.1, 0.15) is 0 Å². The molecule has 2 atom stereocenters. The van der Waals surface area contributed by atoms with Crippen molar-refractivity contribution in [3.05, 3.63) is 107 Å². The first kappa shape index (κ1) is 22.6. The number of carbonyl (C=O) groups excluding carboxylic acids is 2. The molecule has 0 aromatic heterocycles. The summed E-state index contributed by atoms with van der Waals surface area (Å²) in [6, 6.07) is 27.9. The molecule has 3 amide bonds. The number of carbonyl (C=O) groups is 2. The molecule has 0 radical (unpaired) electrons. The van der Waals surface area contributed by atoms with Gasteiger partial charge in [0.05, 0.1) is 12.0 Å². The van der Waals surface area contributed by atoms with Gasteiger partial charge in [0.15, 0.2) is 0 Å². The number of nitrogens with zero attached hydrogens (tertiary/aromatic N) is 1. The number of benzene rings is 3. The second-order valence-corrected chi connectivity index (χ2v) is 8.70. The van der Waals surface area contributed by atoms with E-state index in [9.17, 15) is 9.59 Å². The number of urea groups is 1. The largest absolute Gasteiger partial charge is 0.352 e. The molecule has 170 valence electrons. The van der Waals surface area contributed by atoms with E-state index in [0.29, 0.717) is 19.6 Å². The van der Waals surface area contributed by atoms with Crippen molar-refractivity contribution in [2.24, 2.45) is 5.92 Å². The lowest BCUT2D eigenvalue weighted by atomic mass is 9.88. The fraction of sp³-hybridized carbons (Fsp3) is 0.286. The molecule has 5 nitrogen and oxygen atoms in total. The smallest absolute Gasteiger partial charge is 0.318 e. The fourth-order valence-corrected chi connectivity index (χ4v) is 4.46. The van der Waals surface area contributed by atoms with Crippen LogP contribution >= 0.6 is 0 Å². The number of likely N-dealkylation sites (tertiary alicyclic amines) is 1. The molecule has 0 saturated carbocycles. The first-order chi connectivity index (χ1) is 16.1. The van der Waals surface area contributed by atoms with Gasteiger partial charge in [0.2, 0.25) is 5.91 Å². The van der Waals surface area contributed by atoms with Gasteiger partial charge in [-0.25, -0.2) is 4.79 Å². The number of hydrogen-bond donors (Lipinski definition) is 2. The van der Waals surface area contributed by atoms with Gasteiger partial charge in [-0.15, -0.1) is 0 Å². The van der Waals surface area contributed by atoms with Crippen molar-refractivity contribution in [2.45, 2.75) is 38.9 Å².